The van der Waals surface area contributed by atoms with Gasteiger partial charge >= 0.3 is 0 Å². The molecule has 2 N–H and O–H groups in total. The molecule has 4 rings (SSSR count). The Morgan fingerprint density at radius 3 is 2.62 bits per heavy atom. The first kappa shape index (κ1) is 16.3. The number of hydrogen-bond acceptors (Lipinski definition) is 6. The van der Waals surface area contributed by atoms with Crippen molar-refractivity contribution in [2.24, 2.45) is 0 Å². The number of nitrogens with zero attached hydrogens (tertiary/aromatic N) is 4. The van der Waals surface area contributed by atoms with Gasteiger partial charge in [0, 0.05) is 5.56 Å². The van der Waals surface area contributed by atoms with E-state index in [0.717, 1.165) is 11.3 Å². The molecule has 26 heavy (non-hydrogen) atoms. The molecule has 0 aliphatic rings. The SMILES string of the molecule is Cc1ccc(C(C)(O)CNc2ccc3nnc(-c4ccccc4)n3n2)o1. The van der Waals surface area contributed by atoms with Gasteiger partial charge < -0.3 is 14.8 Å². The van der Waals surface area contributed by atoms with Gasteiger partial charge in [-0.15, -0.1) is 15.3 Å². The second kappa shape index (κ2) is 6.27. The third-order valence-electron chi connectivity index (χ3n) is 4.18. The Labute approximate surface area is 150 Å². The molecule has 7 heteroatoms. The van der Waals surface area contributed by atoms with Crippen molar-refractivity contribution in [1.82, 2.24) is 19.8 Å². The molecule has 0 saturated carbocycles. The number of aryl methyl sites for hydroxylation is 1. The quantitative estimate of drug-likeness (QED) is 0.576. The topological polar surface area (TPSA) is 88.5 Å². The van der Waals surface area contributed by atoms with E-state index in [1.54, 1.807) is 17.5 Å². The third kappa shape index (κ3) is 3.04. The van der Waals surface area contributed by atoms with Crippen molar-refractivity contribution in [3.63, 3.8) is 0 Å². The van der Waals surface area contributed by atoms with Crippen molar-refractivity contribution in [3.8, 4) is 11.4 Å². The van der Waals surface area contributed by atoms with Gasteiger partial charge in [0.15, 0.2) is 11.5 Å². The lowest BCUT2D eigenvalue weighted by Gasteiger charge is -2.21. The Kier molecular flexibility index (Phi) is 3.93. The summed E-state index contributed by atoms with van der Waals surface area (Å²) in [6.45, 7) is 3.80. The Morgan fingerprint density at radius 2 is 1.88 bits per heavy atom. The third-order valence-corrected chi connectivity index (χ3v) is 4.18. The summed E-state index contributed by atoms with van der Waals surface area (Å²) in [4.78, 5) is 0. The zero-order valence-corrected chi connectivity index (χ0v) is 14.5. The standard InChI is InChI=1S/C19H19N5O2/c1-13-8-9-15(26-13)19(2,25)12-20-16-10-11-17-21-22-18(24(17)23-16)14-6-4-3-5-7-14/h3-11,25H,12H2,1-2H3,(H,20,23). The van der Waals surface area contributed by atoms with E-state index in [1.165, 1.54) is 0 Å². The van der Waals surface area contributed by atoms with E-state index in [9.17, 15) is 5.11 Å². The van der Waals surface area contributed by atoms with E-state index in [4.69, 9.17) is 4.42 Å². The van der Waals surface area contributed by atoms with Crippen LogP contribution in [0.1, 0.15) is 18.4 Å². The van der Waals surface area contributed by atoms with E-state index in [2.05, 4.69) is 20.6 Å². The summed E-state index contributed by atoms with van der Waals surface area (Å²) in [6.07, 6.45) is 0. The number of hydrogen-bond donors (Lipinski definition) is 2. The molecule has 3 aromatic heterocycles. The first-order chi connectivity index (χ1) is 12.5. The molecule has 0 aliphatic carbocycles. The van der Waals surface area contributed by atoms with Gasteiger partial charge in [-0.1, -0.05) is 30.3 Å². The molecule has 1 unspecified atom stereocenters. The summed E-state index contributed by atoms with van der Waals surface area (Å²) >= 11 is 0. The van der Waals surface area contributed by atoms with E-state index in [-0.39, 0.29) is 6.54 Å². The van der Waals surface area contributed by atoms with Gasteiger partial charge in [-0.05, 0) is 38.1 Å². The number of aromatic nitrogens is 4. The monoisotopic (exact) mass is 349 g/mol. The molecule has 7 nitrogen and oxygen atoms in total. The molecule has 0 aliphatic heterocycles. The molecule has 3 heterocycles. The molecular formula is C19H19N5O2. The lowest BCUT2D eigenvalue weighted by Crippen LogP contribution is -2.30. The van der Waals surface area contributed by atoms with Crippen molar-refractivity contribution >= 4 is 11.5 Å². The van der Waals surface area contributed by atoms with Crippen LogP contribution in [0.5, 0.6) is 0 Å². The molecule has 132 valence electrons. The predicted molar refractivity (Wildman–Crippen MR) is 97.7 cm³/mol. The van der Waals surface area contributed by atoms with Crippen LogP contribution in [0.15, 0.2) is 59.0 Å². The van der Waals surface area contributed by atoms with Crippen LogP contribution in [0.3, 0.4) is 0 Å². The normalized spacial score (nSPS) is 13.7. The predicted octanol–water partition coefficient (Wildman–Crippen LogP) is 3.01. The number of benzene rings is 1. The number of aliphatic hydroxyl groups is 1. The van der Waals surface area contributed by atoms with Crippen LogP contribution in [-0.2, 0) is 5.60 Å². The number of nitrogens with one attached hydrogen (secondary N) is 1. The fourth-order valence-electron chi connectivity index (χ4n) is 2.72. The fraction of sp³-hybridized carbons (Fsp3) is 0.211. The van der Waals surface area contributed by atoms with E-state index < -0.39 is 5.60 Å². The highest BCUT2D eigenvalue weighted by Crippen LogP contribution is 2.23. The number of anilines is 1. The van der Waals surface area contributed by atoms with E-state index in [1.807, 2.05) is 55.5 Å². The zero-order valence-electron chi connectivity index (χ0n) is 14.5. The second-order valence-corrected chi connectivity index (χ2v) is 6.42. The Hall–Kier alpha value is -3.19. The van der Waals surface area contributed by atoms with Gasteiger partial charge in [0.05, 0.1) is 6.54 Å². The average molecular weight is 349 g/mol. The van der Waals surface area contributed by atoms with Crippen molar-refractivity contribution in [1.29, 1.82) is 0 Å². The highest BCUT2D eigenvalue weighted by atomic mass is 16.4. The molecule has 0 fully saturated rings. The summed E-state index contributed by atoms with van der Waals surface area (Å²) in [5.41, 5.74) is 0.436. The minimum Gasteiger partial charge on any atom is -0.463 e. The maximum Gasteiger partial charge on any atom is 0.185 e. The van der Waals surface area contributed by atoms with Crippen LogP contribution in [0.4, 0.5) is 5.82 Å². The molecule has 0 spiro atoms. The Bertz CT molecular complexity index is 1040. The Balaban J connectivity index is 1.59. The fourth-order valence-corrected chi connectivity index (χ4v) is 2.72. The molecule has 0 radical (unpaired) electrons. The van der Waals surface area contributed by atoms with Gasteiger partial charge in [0.25, 0.3) is 0 Å². The summed E-state index contributed by atoms with van der Waals surface area (Å²) in [5.74, 6) is 2.55. The first-order valence-corrected chi connectivity index (χ1v) is 8.34. The minimum absolute atomic E-state index is 0.251. The van der Waals surface area contributed by atoms with Gasteiger partial charge in [0.1, 0.15) is 22.9 Å². The van der Waals surface area contributed by atoms with Gasteiger partial charge in [-0.25, -0.2) is 0 Å². The average Bonchev–Trinajstić information content (AvgIpc) is 3.27. The summed E-state index contributed by atoms with van der Waals surface area (Å²) in [7, 11) is 0. The van der Waals surface area contributed by atoms with Crippen LogP contribution in [0.2, 0.25) is 0 Å². The number of rotatable bonds is 5. The molecular weight excluding hydrogens is 330 g/mol. The highest BCUT2D eigenvalue weighted by Gasteiger charge is 2.26. The van der Waals surface area contributed by atoms with Gasteiger partial charge in [0.2, 0.25) is 0 Å². The minimum atomic E-state index is -1.15. The summed E-state index contributed by atoms with van der Waals surface area (Å²) < 4.78 is 7.22. The molecule has 1 aromatic carbocycles. The lowest BCUT2D eigenvalue weighted by molar-refractivity contribution is 0.0467. The first-order valence-electron chi connectivity index (χ1n) is 8.34. The van der Waals surface area contributed by atoms with Crippen LogP contribution >= 0.6 is 0 Å². The van der Waals surface area contributed by atoms with Gasteiger partial charge in [-0.3, -0.25) is 0 Å². The smallest absolute Gasteiger partial charge is 0.185 e. The van der Waals surface area contributed by atoms with E-state index in [0.29, 0.717) is 23.0 Å². The van der Waals surface area contributed by atoms with Crippen molar-refractivity contribution < 1.29 is 9.52 Å². The summed E-state index contributed by atoms with van der Waals surface area (Å²) in [6, 6.07) is 17.0. The highest BCUT2D eigenvalue weighted by molar-refractivity contribution is 5.59. The second-order valence-electron chi connectivity index (χ2n) is 6.42. The molecule has 0 bridgehead atoms. The summed E-state index contributed by atoms with van der Waals surface area (Å²) in [5, 5.41) is 26.7. The number of fused-ring (bicyclic) bond motifs is 1. The lowest BCUT2D eigenvalue weighted by atomic mass is 10.0. The Morgan fingerprint density at radius 1 is 1.08 bits per heavy atom. The van der Waals surface area contributed by atoms with Crippen molar-refractivity contribution in [2.45, 2.75) is 19.4 Å². The van der Waals surface area contributed by atoms with Crippen molar-refractivity contribution in [2.75, 3.05) is 11.9 Å². The molecule has 1 atom stereocenters. The number of furan rings is 1. The largest absolute Gasteiger partial charge is 0.463 e. The molecule has 4 aromatic rings. The van der Waals surface area contributed by atoms with Crippen molar-refractivity contribution in [3.05, 3.63) is 66.1 Å². The van der Waals surface area contributed by atoms with Crippen LogP contribution in [-0.4, -0.2) is 31.5 Å². The van der Waals surface area contributed by atoms with Crippen LogP contribution in [0.25, 0.3) is 17.0 Å². The van der Waals surface area contributed by atoms with Crippen LogP contribution < -0.4 is 5.32 Å². The molecule has 0 amide bonds. The maximum absolute atomic E-state index is 10.7. The van der Waals surface area contributed by atoms with E-state index >= 15 is 0 Å². The van der Waals surface area contributed by atoms with Crippen LogP contribution in [0, 0.1) is 6.92 Å². The zero-order chi connectivity index (χ0) is 18.1. The van der Waals surface area contributed by atoms with Gasteiger partial charge in [-0.2, -0.15) is 4.52 Å². The maximum atomic E-state index is 10.7. The molecule has 0 saturated heterocycles.